The smallest absolute Gasteiger partial charge is 0.213 e. The van der Waals surface area contributed by atoms with Gasteiger partial charge in [-0.05, 0) is 74.0 Å². The van der Waals surface area contributed by atoms with Crippen LogP contribution in [0.25, 0.3) is 0 Å². The summed E-state index contributed by atoms with van der Waals surface area (Å²) in [6.45, 7) is 0. The van der Waals surface area contributed by atoms with Crippen molar-refractivity contribution < 1.29 is 17.4 Å². The van der Waals surface area contributed by atoms with Gasteiger partial charge in [0.2, 0.25) is 0 Å². The average molecular weight is 687 g/mol. The largest absolute Gasteiger partial charge is 2.00 e. The summed E-state index contributed by atoms with van der Waals surface area (Å²) in [5.74, 6) is 0. The second kappa shape index (κ2) is 22.7. The predicted molar refractivity (Wildman–Crippen MR) is 202 cm³/mol. The number of hydrogen-bond donors (Lipinski definition) is 0. The van der Waals surface area contributed by atoms with Crippen LogP contribution in [0.15, 0.2) is 48.5 Å². The van der Waals surface area contributed by atoms with Crippen molar-refractivity contribution >= 4 is 26.5 Å². The first-order valence-electron chi connectivity index (χ1n) is 19.9. The van der Waals surface area contributed by atoms with Crippen LogP contribution in [-0.2, 0) is 17.4 Å². The summed E-state index contributed by atoms with van der Waals surface area (Å²) in [5, 5.41) is 3.48. The van der Waals surface area contributed by atoms with Crippen molar-refractivity contribution in [3.05, 3.63) is 48.5 Å². The van der Waals surface area contributed by atoms with Crippen LogP contribution < -0.4 is 10.6 Å². The standard InChI is InChI=1S/2C21H34P.Cr/c2*1-3-7-13-19(14-8-4-1)22(21-17-11-12-18-21)20-15-9-5-2-6-10-16-20;/h2*11-12,17-20H,1-10,13-16H2;/q2*-1;+2. The Bertz CT molecular complexity index is 797. The third-order valence-electron chi connectivity index (χ3n) is 11.8. The molecular formula is C42H68CrP2. The molecule has 0 nitrogen and oxygen atoms in total. The molecule has 0 atom stereocenters. The van der Waals surface area contributed by atoms with Gasteiger partial charge in [-0.25, -0.2) is 24.3 Å². The average Bonchev–Trinajstić information content (AvgIpc) is 3.69. The molecule has 4 saturated carbocycles. The normalized spacial score (nSPS) is 23.2. The maximum Gasteiger partial charge on any atom is 2.00 e. The van der Waals surface area contributed by atoms with E-state index in [-0.39, 0.29) is 33.2 Å². The van der Waals surface area contributed by atoms with Gasteiger partial charge in [0, 0.05) is 0 Å². The van der Waals surface area contributed by atoms with Gasteiger partial charge in [-0.2, -0.15) is 24.3 Å². The fourth-order valence-corrected chi connectivity index (χ4v) is 17.0. The molecule has 0 amide bonds. The van der Waals surface area contributed by atoms with E-state index in [0.717, 1.165) is 22.6 Å². The number of hydrogen-bond acceptors (Lipinski definition) is 0. The molecule has 0 N–H and O–H groups in total. The molecule has 3 heteroatoms. The molecule has 6 rings (SSSR count). The summed E-state index contributed by atoms with van der Waals surface area (Å²) in [6.07, 6.45) is 42.0. The molecule has 0 aliphatic heterocycles. The molecule has 252 valence electrons. The molecule has 2 aromatic rings. The van der Waals surface area contributed by atoms with Gasteiger partial charge in [-0.1, -0.05) is 144 Å². The molecule has 0 saturated heterocycles. The molecule has 45 heavy (non-hydrogen) atoms. The molecule has 2 aromatic carbocycles. The van der Waals surface area contributed by atoms with Crippen molar-refractivity contribution in [2.75, 3.05) is 0 Å². The van der Waals surface area contributed by atoms with Gasteiger partial charge in [-0.3, -0.25) is 0 Å². The molecule has 0 unspecified atom stereocenters. The Labute approximate surface area is 293 Å². The van der Waals surface area contributed by atoms with Crippen molar-refractivity contribution in [2.45, 2.75) is 202 Å². The van der Waals surface area contributed by atoms with Crippen LogP contribution in [0.5, 0.6) is 0 Å². The van der Waals surface area contributed by atoms with Crippen LogP contribution in [0.2, 0.25) is 0 Å². The van der Waals surface area contributed by atoms with Gasteiger partial charge in [0.1, 0.15) is 0 Å². The third kappa shape index (κ3) is 12.8. The fraction of sp³-hybridized carbons (Fsp3) is 0.762. The van der Waals surface area contributed by atoms with Crippen LogP contribution in [0.1, 0.15) is 180 Å². The minimum absolute atomic E-state index is 0. The molecule has 0 radical (unpaired) electrons. The third-order valence-corrected chi connectivity index (χ3v) is 18.8. The van der Waals surface area contributed by atoms with Gasteiger partial charge in [0.15, 0.2) is 0 Å². The van der Waals surface area contributed by atoms with Crippen molar-refractivity contribution in [2.24, 2.45) is 0 Å². The summed E-state index contributed by atoms with van der Waals surface area (Å²) in [5.41, 5.74) is 4.12. The van der Waals surface area contributed by atoms with E-state index in [1.807, 2.05) is 0 Å². The van der Waals surface area contributed by atoms with Crippen molar-refractivity contribution in [1.29, 1.82) is 0 Å². The molecule has 0 heterocycles. The van der Waals surface area contributed by atoms with Crippen LogP contribution >= 0.6 is 15.8 Å². The summed E-state index contributed by atoms with van der Waals surface area (Å²) in [6, 6.07) is 19.0. The molecule has 4 fully saturated rings. The van der Waals surface area contributed by atoms with Gasteiger partial charge >= 0.3 is 17.4 Å². The van der Waals surface area contributed by atoms with Crippen LogP contribution in [0.4, 0.5) is 0 Å². The summed E-state index contributed by atoms with van der Waals surface area (Å²) < 4.78 is 0. The van der Waals surface area contributed by atoms with Gasteiger partial charge < -0.3 is 0 Å². The minimum Gasteiger partial charge on any atom is -0.213 e. The fourth-order valence-electron chi connectivity index (χ4n) is 9.36. The van der Waals surface area contributed by atoms with E-state index in [0.29, 0.717) is 0 Å². The van der Waals surface area contributed by atoms with E-state index in [1.165, 1.54) is 180 Å². The first kappa shape index (κ1) is 37.9. The molecule has 4 aliphatic rings. The zero-order chi connectivity index (χ0) is 30.1. The van der Waals surface area contributed by atoms with Crippen LogP contribution in [0, 0.1) is 0 Å². The Hall–Kier alpha value is 0.0925. The molecular weight excluding hydrogens is 618 g/mol. The molecule has 0 bridgehead atoms. The van der Waals surface area contributed by atoms with E-state index < -0.39 is 0 Å². The molecule has 0 spiro atoms. The number of rotatable bonds is 6. The predicted octanol–water partition coefficient (Wildman–Crippen LogP) is 13.5. The summed E-state index contributed by atoms with van der Waals surface area (Å²) in [7, 11) is 0.174. The molecule has 0 aromatic heterocycles. The maximum absolute atomic E-state index is 2.46. The van der Waals surface area contributed by atoms with Crippen LogP contribution in [-0.4, -0.2) is 22.6 Å². The van der Waals surface area contributed by atoms with Gasteiger partial charge in [0.05, 0.1) is 0 Å². The Morgan fingerprint density at radius 3 is 0.778 bits per heavy atom. The Morgan fingerprint density at radius 1 is 0.356 bits per heavy atom. The van der Waals surface area contributed by atoms with E-state index >= 15 is 0 Å². The van der Waals surface area contributed by atoms with Gasteiger partial charge in [-0.15, -0.1) is 10.6 Å². The van der Waals surface area contributed by atoms with E-state index in [1.54, 1.807) is 10.6 Å². The van der Waals surface area contributed by atoms with Crippen molar-refractivity contribution in [1.82, 2.24) is 0 Å². The zero-order valence-corrected chi connectivity index (χ0v) is 32.1. The monoisotopic (exact) mass is 686 g/mol. The Kier molecular flexibility index (Phi) is 19.1. The first-order valence-corrected chi connectivity index (χ1v) is 22.9. The second-order valence-corrected chi connectivity index (χ2v) is 20.7. The maximum atomic E-state index is 2.46. The SMILES string of the molecule is [Cr+2].c1c[cH-]c(P(C2CCCCCCC2)C2CCCCCCC2)c1.c1c[cH-]c(P(C2CCCCCCC2)C2CCCCCCC2)c1. The second-order valence-electron chi connectivity index (χ2n) is 15.1. The quantitative estimate of drug-likeness (QED) is 0.210. The summed E-state index contributed by atoms with van der Waals surface area (Å²) in [4.78, 5) is 0. The summed E-state index contributed by atoms with van der Waals surface area (Å²) >= 11 is 0. The van der Waals surface area contributed by atoms with Crippen molar-refractivity contribution in [3.8, 4) is 0 Å². The zero-order valence-electron chi connectivity index (χ0n) is 29.0. The van der Waals surface area contributed by atoms with E-state index in [2.05, 4.69) is 48.5 Å². The van der Waals surface area contributed by atoms with Crippen molar-refractivity contribution in [3.63, 3.8) is 0 Å². The Morgan fingerprint density at radius 2 is 0.578 bits per heavy atom. The Balaban J connectivity index is 0.000000200. The van der Waals surface area contributed by atoms with Gasteiger partial charge in [0.25, 0.3) is 0 Å². The van der Waals surface area contributed by atoms with E-state index in [4.69, 9.17) is 0 Å². The van der Waals surface area contributed by atoms with E-state index in [9.17, 15) is 0 Å². The molecule has 4 aliphatic carbocycles. The topological polar surface area (TPSA) is 0 Å². The first-order chi connectivity index (χ1) is 21.9. The minimum atomic E-state index is 0. The van der Waals surface area contributed by atoms with Crippen LogP contribution in [0.3, 0.4) is 0 Å².